The molecule has 1 aliphatic carbocycles. The molecule has 3 heteroatoms. The summed E-state index contributed by atoms with van der Waals surface area (Å²) in [5.74, 6) is 5.68. The maximum Gasteiger partial charge on any atom is 0.0409 e. The van der Waals surface area contributed by atoms with Gasteiger partial charge in [0.25, 0.3) is 0 Å². The van der Waals surface area contributed by atoms with E-state index in [-0.39, 0.29) is 0 Å². The monoisotopic (exact) mass is 141 g/mol. The van der Waals surface area contributed by atoms with Gasteiger partial charge in [0.2, 0.25) is 0 Å². The molecule has 58 valence electrons. The molecule has 3 nitrogen and oxygen atoms in total. The Kier molecular flexibility index (Phi) is 1.27. The fraction of sp³-hybridized carbons (Fsp3) is 1.00. The fourth-order valence-electron chi connectivity index (χ4n) is 2.31. The topological polar surface area (TPSA) is 32.5 Å². The Morgan fingerprint density at radius 2 is 2.20 bits per heavy atom. The zero-order valence-electron chi connectivity index (χ0n) is 6.62. The lowest BCUT2D eigenvalue weighted by Crippen LogP contribution is -2.51. The fourth-order valence-corrected chi connectivity index (χ4v) is 2.31. The number of hydrogen-bond acceptors (Lipinski definition) is 3. The summed E-state index contributed by atoms with van der Waals surface area (Å²) in [6.07, 6.45) is 2.64. The molecule has 0 amide bonds. The Labute approximate surface area is 61.7 Å². The van der Waals surface area contributed by atoms with E-state index < -0.39 is 0 Å². The van der Waals surface area contributed by atoms with Crippen LogP contribution in [0.4, 0.5) is 0 Å². The van der Waals surface area contributed by atoms with Gasteiger partial charge in [-0.2, -0.15) is 0 Å². The van der Waals surface area contributed by atoms with Crippen LogP contribution in [0.25, 0.3) is 0 Å². The molecule has 2 saturated heterocycles. The lowest BCUT2D eigenvalue weighted by atomic mass is 10.0. The summed E-state index contributed by atoms with van der Waals surface area (Å²) in [5.41, 5.74) is 0. The second-order valence-corrected chi connectivity index (χ2v) is 3.59. The Hall–Kier alpha value is -0.120. The SMILES string of the molecule is CN(N)C1CC2CC1N2C. The van der Waals surface area contributed by atoms with Gasteiger partial charge in [-0.05, 0) is 19.9 Å². The van der Waals surface area contributed by atoms with Gasteiger partial charge in [0.05, 0.1) is 0 Å². The molecule has 0 aromatic carbocycles. The lowest BCUT2D eigenvalue weighted by molar-refractivity contribution is 0.0851. The van der Waals surface area contributed by atoms with E-state index in [1.54, 1.807) is 0 Å². The second-order valence-electron chi connectivity index (χ2n) is 3.59. The molecule has 10 heavy (non-hydrogen) atoms. The number of hydrazine groups is 1. The van der Waals surface area contributed by atoms with Crippen molar-refractivity contribution in [2.24, 2.45) is 5.84 Å². The third-order valence-corrected chi connectivity index (χ3v) is 3.09. The van der Waals surface area contributed by atoms with E-state index in [1.165, 1.54) is 12.8 Å². The van der Waals surface area contributed by atoms with Gasteiger partial charge >= 0.3 is 0 Å². The molecule has 0 aromatic heterocycles. The van der Waals surface area contributed by atoms with Gasteiger partial charge in [-0.3, -0.25) is 10.7 Å². The molecule has 2 aliphatic heterocycles. The summed E-state index contributed by atoms with van der Waals surface area (Å²) >= 11 is 0. The van der Waals surface area contributed by atoms with Crippen molar-refractivity contribution < 1.29 is 0 Å². The normalized spacial score (nSPS) is 46.2. The van der Waals surface area contributed by atoms with Crippen LogP contribution in [0.3, 0.4) is 0 Å². The number of hydrogen-bond donors (Lipinski definition) is 1. The predicted octanol–water partition coefficient (Wildman–Crippen LogP) is -0.363. The molecule has 1 saturated carbocycles. The molecule has 2 heterocycles. The number of rotatable bonds is 1. The molecule has 0 radical (unpaired) electrons. The van der Waals surface area contributed by atoms with Gasteiger partial charge in [-0.25, -0.2) is 5.01 Å². The van der Waals surface area contributed by atoms with Gasteiger partial charge < -0.3 is 0 Å². The van der Waals surface area contributed by atoms with Crippen LogP contribution in [0.2, 0.25) is 0 Å². The maximum atomic E-state index is 5.68. The van der Waals surface area contributed by atoms with E-state index >= 15 is 0 Å². The Morgan fingerprint density at radius 3 is 2.40 bits per heavy atom. The molecule has 2 N–H and O–H groups in total. The van der Waals surface area contributed by atoms with Gasteiger partial charge in [0, 0.05) is 25.2 Å². The highest BCUT2D eigenvalue weighted by Crippen LogP contribution is 2.40. The third kappa shape index (κ3) is 0.654. The van der Waals surface area contributed by atoms with E-state index in [0.29, 0.717) is 6.04 Å². The van der Waals surface area contributed by atoms with E-state index in [0.717, 1.165) is 12.1 Å². The first-order valence-electron chi connectivity index (χ1n) is 3.89. The maximum absolute atomic E-state index is 5.68. The number of nitrogens with zero attached hydrogens (tertiary/aromatic N) is 2. The lowest BCUT2D eigenvalue weighted by Gasteiger charge is -2.38. The predicted molar refractivity (Wildman–Crippen MR) is 40.3 cm³/mol. The Bertz CT molecular complexity index is 146. The molecule has 0 aromatic rings. The van der Waals surface area contributed by atoms with Crippen LogP contribution >= 0.6 is 0 Å². The zero-order chi connectivity index (χ0) is 7.30. The Balaban J connectivity index is 2.04. The van der Waals surface area contributed by atoms with Gasteiger partial charge in [0.15, 0.2) is 0 Å². The van der Waals surface area contributed by atoms with Crippen LogP contribution in [0.5, 0.6) is 0 Å². The highest BCUT2D eigenvalue weighted by Gasteiger charge is 2.49. The third-order valence-electron chi connectivity index (χ3n) is 3.09. The summed E-state index contributed by atoms with van der Waals surface area (Å²) in [6, 6.07) is 2.20. The van der Waals surface area contributed by atoms with Crippen LogP contribution in [0.15, 0.2) is 0 Å². The van der Waals surface area contributed by atoms with Crippen molar-refractivity contribution in [1.82, 2.24) is 9.91 Å². The second kappa shape index (κ2) is 1.94. The summed E-state index contributed by atoms with van der Waals surface area (Å²) in [4.78, 5) is 2.44. The van der Waals surface area contributed by atoms with Crippen LogP contribution in [0.1, 0.15) is 12.8 Å². The van der Waals surface area contributed by atoms with Crippen molar-refractivity contribution in [3.05, 3.63) is 0 Å². The van der Waals surface area contributed by atoms with Crippen molar-refractivity contribution in [2.45, 2.75) is 31.0 Å². The summed E-state index contributed by atoms with van der Waals surface area (Å²) in [7, 11) is 4.17. The Morgan fingerprint density at radius 1 is 1.50 bits per heavy atom. The molecule has 3 fully saturated rings. The van der Waals surface area contributed by atoms with Crippen molar-refractivity contribution in [1.29, 1.82) is 0 Å². The highest BCUT2D eigenvalue weighted by molar-refractivity contribution is 5.07. The molecule has 2 bridgehead atoms. The zero-order valence-corrected chi connectivity index (χ0v) is 6.62. The summed E-state index contributed by atoms with van der Waals surface area (Å²) in [5, 5.41) is 1.87. The van der Waals surface area contributed by atoms with Gasteiger partial charge in [-0.1, -0.05) is 0 Å². The van der Waals surface area contributed by atoms with Gasteiger partial charge in [-0.15, -0.1) is 0 Å². The first-order chi connectivity index (χ1) is 4.70. The molecule has 3 unspecified atom stereocenters. The van der Waals surface area contributed by atoms with Crippen LogP contribution in [0, 0.1) is 0 Å². The smallest absolute Gasteiger partial charge is 0.0409 e. The van der Waals surface area contributed by atoms with E-state index in [4.69, 9.17) is 5.84 Å². The quantitative estimate of drug-likeness (QED) is 0.400. The standard InChI is InChI=1S/C7H15N3/c1-9-5-3-6(9)7(4-5)10(2)8/h5-7H,3-4,8H2,1-2H3. The van der Waals surface area contributed by atoms with Gasteiger partial charge in [0.1, 0.15) is 0 Å². The van der Waals surface area contributed by atoms with E-state index in [9.17, 15) is 0 Å². The molecular formula is C7H15N3. The molecule has 3 rings (SSSR count). The minimum absolute atomic E-state index is 0.620. The number of nitrogens with two attached hydrogens (primary N) is 1. The van der Waals surface area contributed by atoms with E-state index in [2.05, 4.69) is 11.9 Å². The highest BCUT2D eigenvalue weighted by atomic mass is 15.4. The molecule has 0 spiro atoms. The minimum Gasteiger partial charge on any atom is -0.299 e. The molecule has 3 aliphatic rings. The average Bonchev–Trinajstić information content (AvgIpc) is 2.40. The van der Waals surface area contributed by atoms with Crippen molar-refractivity contribution >= 4 is 0 Å². The molecule has 3 atom stereocenters. The number of likely N-dealkylation sites (N-methyl/N-ethyl adjacent to an activating group) is 2. The van der Waals surface area contributed by atoms with Crippen molar-refractivity contribution in [3.8, 4) is 0 Å². The molecular weight excluding hydrogens is 126 g/mol. The summed E-state index contributed by atoms with van der Waals surface area (Å²) < 4.78 is 0. The van der Waals surface area contributed by atoms with Crippen molar-refractivity contribution in [3.63, 3.8) is 0 Å². The number of fused-ring (bicyclic) bond motifs is 1. The van der Waals surface area contributed by atoms with E-state index in [1.807, 2.05) is 12.1 Å². The summed E-state index contributed by atoms with van der Waals surface area (Å²) in [6.45, 7) is 0. The van der Waals surface area contributed by atoms with Crippen LogP contribution < -0.4 is 5.84 Å². The first kappa shape index (κ1) is 6.58. The van der Waals surface area contributed by atoms with Crippen LogP contribution in [-0.4, -0.2) is 42.1 Å². The minimum atomic E-state index is 0.620. The average molecular weight is 141 g/mol. The first-order valence-corrected chi connectivity index (χ1v) is 3.89. The van der Waals surface area contributed by atoms with Crippen molar-refractivity contribution in [2.75, 3.05) is 14.1 Å². The largest absolute Gasteiger partial charge is 0.299 e. The van der Waals surface area contributed by atoms with Crippen LogP contribution in [-0.2, 0) is 0 Å².